The molecule has 21 heavy (non-hydrogen) atoms. The molecule has 7 heteroatoms. The summed E-state index contributed by atoms with van der Waals surface area (Å²) in [5.41, 5.74) is 11.2. The molecular formula is C14H18N4O3. The van der Waals surface area contributed by atoms with E-state index in [0.29, 0.717) is 37.0 Å². The molecule has 1 aromatic heterocycles. The standard InChI is InChI=1S/C14H18N4O3/c1-2-20-7-8-21-10-6-4-3-5-9(10)13-17-12(16)11(15)14(19)18-13/h3-6H,2,7-8,15H2,1H3,(H3,16,17,18,19). The first-order valence-electron chi connectivity index (χ1n) is 6.58. The van der Waals surface area contributed by atoms with Gasteiger partial charge in [0.15, 0.2) is 5.82 Å². The van der Waals surface area contributed by atoms with E-state index in [9.17, 15) is 4.79 Å². The largest absolute Gasteiger partial charge is 0.490 e. The summed E-state index contributed by atoms with van der Waals surface area (Å²) < 4.78 is 10.9. The number of H-pyrrole nitrogens is 1. The number of rotatable bonds is 6. The topological polar surface area (TPSA) is 116 Å². The number of aromatic amines is 1. The Morgan fingerprint density at radius 1 is 1.24 bits per heavy atom. The van der Waals surface area contributed by atoms with E-state index in [1.165, 1.54) is 0 Å². The Bertz CT molecular complexity index is 670. The maximum atomic E-state index is 11.7. The van der Waals surface area contributed by atoms with Crippen LogP contribution in [0.4, 0.5) is 11.5 Å². The lowest BCUT2D eigenvalue weighted by atomic mass is 10.2. The van der Waals surface area contributed by atoms with Crippen LogP contribution in [-0.2, 0) is 4.74 Å². The highest BCUT2D eigenvalue weighted by Gasteiger charge is 2.11. The number of hydrogen-bond acceptors (Lipinski definition) is 6. The molecule has 1 heterocycles. The van der Waals surface area contributed by atoms with Crippen LogP contribution in [-0.4, -0.2) is 29.8 Å². The number of anilines is 2. The minimum Gasteiger partial charge on any atom is -0.490 e. The van der Waals surface area contributed by atoms with Gasteiger partial charge >= 0.3 is 0 Å². The number of aromatic nitrogens is 2. The van der Waals surface area contributed by atoms with Crippen LogP contribution < -0.4 is 21.8 Å². The summed E-state index contributed by atoms with van der Waals surface area (Å²) in [5.74, 6) is 0.904. The predicted molar refractivity (Wildman–Crippen MR) is 81.1 cm³/mol. The van der Waals surface area contributed by atoms with Crippen molar-refractivity contribution in [1.29, 1.82) is 0 Å². The van der Waals surface area contributed by atoms with E-state index in [2.05, 4.69) is 9.97 Å². The summed E-state index contributed by atoms with van der Waals surface area (Å²) in [4.78, 5) is 18.4. The summed E-state index contributed by atoms with van der Waals surface area (Å²) >= 11 is 0. The second-order valence-electron chi connectivity index (χ2n) is 4.25. The fourth-order valence-corrected chi connectivity index (χ4v) is 1.77. The van der Waals surface area contributed by atoms with Crippen molar-refractivity contribution in [3.63, 3.8) is 0 Å². The molecule has 0 radical (unpaired) electrons. The minimum absolute atomic E-state index is 0.00197. The molecule has 0 aliphatic carbocycles. The van der Waals surface area contributed by atoms with Crippen molar-refractivity contribution in [3.05, 3.63) is 34.6 Å². The molecule has 1 aromatic carbocycles. The number of para-hydroxylation sites is 1. The number of ether oxygens (including phenoxy) is 2. The quantitative estimate of drug-likeness (QED) is 0.684. The molecule has 0 atom stereocenters. The van der Waals surface area contributed by atoms with Crippen molar-refractivity contribution in [3.8, 4) is 17.1 Å². The zero-order chi connectivity index (χ0) is 15.2. The molecule has 0 aliphatic rings. The fraction of sp³-hybridized carbons (Fsp3) is 0.286. The smallest absolute Gasteiger partial charge is 0.276 e. The lowest BCUT2D eigenvalue weighted by molar-refractivity contribution is 0.110. The fourth-order valence-electron chi connectivity index (χ4n) is 1.77. The van der Waals surface area contributed by atoms with Crippen molar-refractivity contribution in [2.24, 2.45) is 0 Å². The van der Waals surface area contributed by atoms with E-state index in [1.807, 2.05) is 19.1 Å². The van der Waals surface area contributed by atoms with E-state index in [1.54, 1.807) is 12.1 Å². The van der Waals surface area contributed by atoms with Crippen molar-refractivity contribution in [2.75, 3.05) is 31.3 Å². The number of benzene rings is 1. The third-order valence-electron chi connectivity index (χ3n) is 2.82. The average Bonchev–Trinajstić information content (AvgIpc) is 2.49. The molecule has 112 valence electrons. The lowest BCUT2D eigenvalue weighted by Gasteiger charge is -2.11. The van der Waals surface area contributed by atoms with Gasteiger partial charge in [-0.25, -0.2) is 4.98 Å². The van der Waals surface area contributed by atoms with Crippen LogP contribution in [0.15, 0.2) is 29.1 Å². The molecule has 5 N–H and O–H groups in total. The second kappa shape index (κ2) is 6.76. The lowest BCUT2D eigenvalue weighted by Crippen LogP contribution is -2.17. The molecular weight excluding hydrogens is 272 g/mol. The van der Waals surface area contributed by atoms with E-state index in [4.69, 9.17) is 20.9 Å². The van der Waals surface area contributed by atoms with Crippen molar-refractivity contribution in [2.45, 2.75) is 6.92 Å². The number of hydrogen-bond donors (Lipinski definition) is 3. The molecule has 0 saturated carbocycles. The Balaban J connectivity index is 2.29. The van der Waals surface area contributed by atoms with E-state index in [0.717, 1.165) is 0 Å². The zero-order valence-corrected chi connectivity index (χ0v) is 11.8. The first-order chi connectivity index (χ1) is 10.1. The SMILES string of the molecule is CCOCCOc1ccccc1-c1nc(N)c(N)c(=O)[nH]1. The minimum atomic E-state index is -0.471. The maximum absolute atomic E-state index is 11.7. The van der Waals surface area contributed by atoms with Gasteiger partial charge < -0.3 is 25.9 Å². The van der Waals surface area contributed by atoms with Gasteiger partial charge in [-0.15, -0.1) is 0 Å². The number of nitrogens with one attached hydrogen (secondary N) is 1. The Hall–Kier alpha value is -2.54. The van der Waals surface area contributed by atoms with Crippen LogP contribution in [0.25, 0.3) is 11.4 Å². The van der Waals surface area contributed by atoms with Crippen LogP contribution >= 0.6 is 0 Å². The summed E-state index contributed by atoms with van der Waals surface area (Å²) in [7, 11) is 0. The Kier molecular flexibility index (Phi) is 4.78. The number of nitrogens with two attached hydrogens (primary N) is 2. The van der Waals surface area contributed by atoms with Gasteiger partial charge in [-0.1, -0.05) is 12.1 Å². The van der Waals surface area contributed by atoms with Crippen LogP contribution in [0.2, 0.25) is 0 Å². The van der Waals surface area contributed by atoms with Gasteiger partial charge in [-0.2, -0.15) is 0 Å². The molecule has 2 aromatic rings. The number of nitrogen functional groups attached to an aromatic ring is 2. The third-order valence-corrected chi connectivity index (χ3v) is 2.82. The molecule has 0 unspecified atom stereocenters. The van der Waals surface area contributed by atoms with Crippen LogP contribution in [0.3, 0.4) is 0 Å². The predicted octanol–water partition coefficient (Wildman–Crippen LogP) is 1.02. The average molecular weight is 290 g/mol. The highest BCUT2D eigenvalue weighted by molar-refractivity contribution is 5.68. The van der Waals surface area contributed by atoms with Crippen molar-refractivity contribution < 1.29 is 9.47 Å². The van der Waals surface area contributed by atoms with E-state index >= 15 is 0 Å². The highest BCUT2D eigenvalue weighted by atomic mass is 16.5. The van der Waals surface area contributed by atoms with Crippen molar-refractivity contribution >= 4 is 11.5 Å². The van der Waals surface area contributed by atoms with Crippen LogP contribution in [0.1, 0.15) is 6.92 Å². The Morgan fingerprint density at radius 2 is 2.00 bits per heavy atom. The molecule has 0 aliphatic heterocycles. The first kappa shape index (κ1) is 14.9. The van der Waals surface area contributed by atoms with E-state index in [-0.39, 0.29) is 11.5 Å². The molecule has 0 fully saturated rings. The molecule has 0 saturated heterocycles. The maximum Gasteiger partial charge on any atom is 0.276 e. The van der Waals surface area contributed by atoms with E-state index < -0.39 is 5.56 Å². The van der Waals surface area contributed by atoms with Crippen LogP contribution in [0.5, 0.6) is 5.75 Å². The molecule has 7 nitrogen and oxygen atoms in total. The van der Waals surface area contributed by atoms with Crippen LogP contribution in [0, 0.1) is 0 Å². The van der Waals surface area contributed by atoms with Gasteiger partial charge in [0.1, 0.15) is 23.9 Å². The zero-order valence-electron chi connectivity index (χ0n) is 11.8. The summed E-state index contributed by atoms with van der Waals surface area (Å²) in [5, 5.41) is 0. The Labute approximate surface area is 121 Å². The van der Waals surface area contributed by atoms with Gasteiger partial charge in [0.25, 0.3) is 5.56 Å². The van der Waals surface area contributed by atoms with Gasteiger partial charge in [-0.05, 0) is 19.1 Å². The van der Waals surface area contributed by atoms with Crippen molar-refractivity contribution in [1.82, 2.24) is 9.97 Å². The first-order valence-corrected chi connectivity index (χ1v) is 6.58. The van der Waals surface area contributed by atoms with Gasteiger partial charge in [0.05, 0.1) is 12.2 Å². The third kappa shape index (κ3) is 3.51. The number of nitrogens with zero attached hydrogens (tertiary/aromatic N) is 1. The normalized spacial score (nSPS) is 10.5. The molecule has 0 spiro atoms. The molecule has 0 amide bonds. The Morgan fingerprint density at radius 3 is 2.71 bits per heavy atom. The summed E-state index contributed by atoms with van der Waals surface area (Å²) in [6, 6.07) is 7.22. The monoisotopic (exact) mass is 290 g/mol. The van der Waals surface area contributed by atoms with Gasteiger partial charge in [0, 0.05) is 6.61 Å². The summed E-state index contributed by atoms with van der Waals surface area (Å²) in [6.07, 6.45) is 0. The molecule has 2 rings (SSSR count). The summed E-state index contributed by atoms with van der Waals surface area (Å²) in [6.45, 7) is 3.44. The van der Waals surface area contributed by atoms with Gasteiger partial charge in [0.2, 0.25) is 0 Å². The van der Waals surface area contributed by atoms with Gasteiger partial charge in [-0.3, -0.25) is 4.79 Å². The molecule has 0 bridgehead atoms. The second-order valence-corrected chi connectivity index (χ2v) is 4.25. The highest BCUT2D eigenvalue weighted by Crippen LogP contribution is 2.27.